The minimum absolute atomic E-state index is 0.172. The molecule has 0 radical (unpaired) electrons. The smallest absolute Gasteiger partial charge is 0.174 e. The van der Waals surface area contributed by atoms with Gasteiger partial charge in [-0.15, -0.1) is 0 Å². The normalized spacial score (nSPS) is 24.5. The van der Waals surface area contributed by atoms with E-state index in [0.29, 0.717) is 16.5 Å². The molecule has 0 amide bonds. The van der Waals surface area contributed by atoms with E-state index in [9.17, 15) is 4.39 Å². The quantitative estimate of drug-likeness (QED) is 0.910. The number of hydrogen-bond acceptors (Lipinski definition) is 2. The summed E-state index contributed by atoms with van der Waals surface area (Å²) in [5.41, 5.74) is 0.410. The third kappa shape index (κ3) is 2.72. The second-order valence-corrected chi connectivity index (χ2v) is 6.26. The van der Waals surface area contributed by atoms with Crippen molar-refractivity contribution < 1.29 is 9.13 Å². The van der Waals surface area contributed by atoms with Crippen molar-refractivity contribution in [2.45, 2.75) is 38.2 Å². The Hall–Kier alpha value is -0.800. The van der Waals surface area contributed by atoms with E-state index in [2.05, 4.69) is 5.32 Å². The van der Waals surface area contributed by atoms with Gasteiger partial charge in [-0.2, -0.15) is 0 Å². The maximum atomic E-state index is 14.1. The van der Waals surface area contributed by atoms with Crippen molar-refractivity contribution in [1.82, 2.24) is 5.32 Å². The topological polar surface area (TPSA) is 21.3 Å². The summed E-state index contributed by atoms with van der Waals surface area (Å²) in [5, 5.41) is 3.74. The number of hydrogen-bond donors (Lipinski definition) is 1. The van der Waals surface area contributed by atoms with Crippen molar-refractivity contribution in [3.8, 4) is 5.75 Å². The van der Waals surface area contributed by atoms with E-state index < -0.39 is 0 Å². The highest BCUT2D eigenvalue weighted by atomic mass is 35.5. The summed E-state index contributed by atoms with van der Waals surface area (Å²) in [7, 11) is 0. The molecular formula is C15H19ClFNO. The summed E-state index contributed by atoms with van der Waals surface area (Å²) < 4.78 is 20.1. The highest BCUT2D eigenvalue weighted by Gasteiger charge is 2.48. The molecule has 3 rings (SSSR count). The minimum atomic E-state index is -0.316. The van der Waals surface area contributed by atoms with Crippen LogP contribution >= 0.6 is 11.6 Å². The first-order chi connectivity index (χ1) is 9.10. The largest absolute Gasteiger partial charge is 0.483 e. The molecule has 19 heavy (non-hydrogen) atoms. The fraction of sp³-hybridized carbons (Fsp3) is 0.600. The summed E-state index contributed by atoms with van der Waals surface area (Å²) in [4.78, 5) is 0. The first-order valence-corrected chi connectivity index (χ1v) is 7.32. The fourth-order valence-corrected chi connectivity index (χ4v) is 3.03. The van der Waals surface area contributed by atoms with E-state index in [1.807, 2.05) is 0 Å². The zero-order chi connectivity index (χ0) is 13.5. The van der Waals surface area contributed by atoms with Gasteiger partial charge in [0.2, 0.25) is 0 Å². The van der Waals surface area contributed by atoms with Gasteiger partial charge in [0.15, 0.2) is 11.6 Å². The highest BCUT2D eigenvalue weighted by molar-refractivity contribution is 6.32. The van der Waals surface area contributed by atoms with Gasteiger partial charge in [-0.05, 0) is 63.2 Å². The lowest BCUT2D eigenvalue weighted by Gasteiger charge is -2.22. The molecule has 1 saturated carbocycles. The summed E-state index contributed by atoms with van der Waals surface area (Å²) in [5.74, 6) is 0.572. The lowest BCUT2D eigenvalue weighted by atomic mass is 9.99. The van der Waals surface area contributed by atoms with E-state index >= 15 is 0 Å². The zero-order valence-electron chi connectivity index (χ0n) is 11.1. The van der Waals surface area contributed by atoms with Crippen LogP contribution in [0.3, 0.4) is 0 Å². The third-order valence-electron chi connectivity index (χ3n) is 4.19. The first kappa shape index (κ1) is 13.2. The Morgan fingerprint density at radius 1 is 1.47 bits per heavy atom. The molecule has 1 aliphatic carbocycles. The lowest BCUT2D eigenvalue weighted by molar-refractivity contribution is 0.141. The van der Waals surface area contributed by atoms with E-state index in [-0.39, 0.29) is 17.2 Å². The molecule has 2 aliphatic rings. The number of nitrogens with one attached hydrogen (secondary N) is 1. The van der Waals surface area contributed by atoms with Crippen molar-refractivity contribution in [2.24, 2.45) is 5.92 Å². The molecule has 1 atom stereocenters. The zero-order valence-corrected chi connectivity index (χ0v) is 11.9. The van der Waals surface area contributed by atoms with Gasteiger partial charge in [0.1, 0.15) is 5.60 Å². The number of aryl methyl sites for hydroxylation is 1. The standard InChI is InChI=1S/C15H19ClFNO/c1-10-2-3-12(16)14(13(10)17)19-15(5-6-15)8-11-4-7-18-9-11/h2-3,11,18H,4-9H2,1H3. The Morgan fingerprint density at radius 2 is 2.26 bits per heavy atom. The van der Waals surface area contributed by atoms with Crippen LogP contribution in [0.4, 0.5) is 4.39 Å². The van der Waals surface area contributed by atoms with Crippen molar-refractivity contribution in [1.29, 1.82) is 0 Å². The van der Waals surface area contributed by atoms with Crippen molar-refractivity contribution in [2.75, 3.05) is 13.1 Å². The van der Waals surface area contributed by atoms with Crippen molar-refractivity contribution in [3.63, 3.8) is 0 Å². The van der Waals surface area contributed by atoms with E-state index in [1.165, 1.54) is 6.42 Å². The van der Waals surface area contributed by atoms with Gasteiger partial charge < -0.3 is 10.1 Å². The lowest BCUT2D eigenvalue weighted by Crippen LogP contribution is -2.24. The molecule has 4 heteroatoms. The van der Waals surface area contributed by atoms with Gasteiger partial charge in [-0.25, -0.2) is 4.39 Å². The predicted molar refractivity (Wildman–Crippen MR) is 74.3 cm³/mol. The Kier molecular flexibility index (Phi) is 3.44. The average Bonchev–Trinajstić information content (AvgIpc) is 2.94. The van der Waals surface area contributed by atoms with Crippen LogP contribution < -0.4 is 10.1 Å². The second kappa shape index (κ2) is 4.95. The minimum Gasteiger partial charge on any atom is -0.483 e. The Labute approximate surface area is 118 Å². The summed E-state index contributed by atoms with van der Waals surface area (Å²) in [6.45, 7) is 3.87. The van der Waals surface area contributed by atoms with E-state index in [0.717, 1.165) is 32.4 Å². The molecule has 1 heterocycles. The number of benzene rings is 1. The Balaban J connectivity index is 1.75. The monoisotopic (exact) mass is 283 g/mol. The van der Waals surface area contributed by atoms with Crippen LogP contribution in [0.5, 0.6) is 5.75 Å². The maximum absolute atomic E-state index is 14.1. The van der Waals surface area contributed by atoms with E-state index in [4.69, 9.17) is 16.3 Å². The van der Waals surface area contributed by atoms with Gasteiger partial charge in [0.05, 0.1) is 5.02 Å². The molecule has 1 aromatic carbocycles. The average molecular weight is 284 g/mol. The van der Waals surface area contributed by atoms with Gasteiger partial charge in [0.25, 0.3) is 0 Å². The molecule has 0 aromatic heterocycles. The molecule has 104 valence electrons. The second-order valence-electron chi connectivity index (χ2n) is 5.86. The third-order valence-corrected chi connectivity index (χ3v) is 4.49. The Morgan fingerprint density at radius 3 is 2.89 bits per heavy atom. The van der Waals surface area contributed by atoms with Crippen molar-refractivity contribution >= 4 is 11.6 Å². The molecular weight excluding hydrogens is 265 g/mol. The number of halogens is 2. The van der Waals surface area contributed by atoms with Crippen LogP contribution in [0, 0.1) is 18.7 Å². The molecule has 1 aliphatic heterocycles. The van der Waals surface area contributed by atoms with Crippen LogP contribution in [-0.4, -0.2) is 18.7 Å². The summed E-state index contributed by atoms with van der Waals surface area (Å²) in [6, 6.07) is 3.40. The molecule has 1 saturated heterocycles. The van der Waals surface area contributed by atoms with Crippen LogP contribution in [0.15, 0.2) is 12.1 Å². The molecule has 0 bridgehead atoms. The SMILES string of the molecule is Cc1ccc(Cl)c(OC2(CC3CCNC3)CC2)c1F. The summed E-state index contributed by atoms with van der Waals surface area (Å²) >= 11 is 6.07. The summed E-state index contributed by atoms with van der Waals surface area (Å²) in [6.07, 6.45) is 4.21. The maximum Gasteiger partial charge on any atom is 0.174 e. The van der Waals surface area contributed by atoms with E-state index in [1.54, 1.807) is 19.1 Å². The van der Waals surface area contributed by atoms with Crippen molar-refractivity contribution in [3.05, 3.63) is 28.5 Å². The fourth-order valence-electron chi connectivity index (χ4n) is 2.84. The first-order valence-electron chi connectivity index (χ1n) is 6.94. The van der Waals surface area contributed by atoms with Gasteiger partial charge in [-0.3, -0.25) is 0 Å². The number of rotatable bonds is 4. The van der Waals surface area contributed by atoms with Crippen LogP contribution in [0.25, 0.3) is 0 Å². The number of ether oxygens (including phenoxy) is 1. The molecule has 2 fully saturated rings. The van der Waals surface area contributed by atoms with Crippen LogP contribution in [-0.2, 0) is 0 Å². The van der Waals surface area contributed by atoms with Gasteiger partial charge in [-0.1, -0.05) is 17.7 Å². The van der Waals surface area contributed by atoms with Crippen LogP contribution in [0.2, 0.25) is 5.02 Å². The van der Waals surface area contributed by atoms with Gasteiger partial charge in [0, 0.05) is 0 Å². The molecule has 2 nitrogen and oxygen atoms in total. The van der Waals surface area contributed by atoms with Crippen LogP contribution in [0.1, 0.15) is 31.2 Å². The molecule has 1 N–H and O–H groups in total. The highest BCUT2D eigenvalue weighted by Crippen LogP contribution is 2.48. The molecule has 1 unspecified atom stereocenters. The molecule has 0 spiro atoms. The van der Waals surface area contributed by atoms with Gasteiger partial charge >= 0.3 is 0 Å². The Bertz CT molecular complexity index is 481. The predicted octanol–water partition coefficient (Wildman–Crippen LogP) is 3.70. The molecule has 1 aromatic rings.